The number of piperazine rings is 1. The first-order valence-corrected chi connectivity index (χ1v) is 10.5. The van der Waals surface area contributed by atoms with Gasteiger partial charge in [0.2, 0.25) is 6.10 Å². The monoisotopic (exact) mass is 411 g/mol. The molecule has 5 rings (SSSR count). The van der Waals surface area contributed by atoms with E-state index in [1.807, 2.05) is 52.7 Å². The minimum atomic E-state index is -0.583. The molecule has 0 unspecified atom stereocenters. The molecule has 1 atom stereocenters. The van der Waals surface area contributed by atoms with Crippen LogP contribution in [0, 0.1) is 0 Å². The SMILES string of the molecule is O=C([C@@H]1COc2ccccc2O1)N1CCN(Cc2cc(-c3cccs3)on2)CC1. The Labute approximate surface area is 172 Å². The van der Waals surface area contributed by atoms with Crippen molar-refractivity contribution in [1.82, 2.24) is 15.0 Å². The maximum absolute atomic E-state index is 12.8. The highest BCUT2D eigenvalue weighted by Crippen LogP contribution is 2.31. The van der Waals surface area contributed by atoms with Crippen LogP contribution in [0.3, 0.4) is 0 Å². The lowest BCUT2D eigenvalue weighted by molar-refractivity contribution is -0.143. The molecule has 8 heteroatoms. The molecule has 4 heterocycles. The smallest absolute Gasteiger partial charge is 0.267 e. The van der Waals surface area contributed by atoms with Crippen molar-refractivity contribution in [3.8, 4) is 22.1 Å². The molecule has 0 spiro atoms. The minimum Gasteiger partial charge on any atom is -0.485 e. The minimum absolute atomic E-state index is 0.0134. The summed E-state index contributed by atoms with van der Waals surface area (Å²) in [5.41, 5.74) is 0.911. The van der Waals surface area contributed by atoms with Gasteiger partial charge in [0.25, 0.3) is 5.91 Å². The number of para-hydroxylation sites is 2. The third-order valence-electron chi connectivity index (χ3n) is 5.18. The molecule has 3 aromatic rings. The number of ether oxygens (including phenoxy) is 2. The van der Waals surface area contributed by atoms with Crippen LogP contribution < -0.4 is 9.47 Å². The molecule has 1 aromatic carbocycles. The Bertz CT molecular complexity index is 979. The summed E-state index contributed by atoms with van der Waals surface area (Å²) < 4.78 is 17.0. The summed E-state index contributed by atoms with van der Waals surface area (Å²) in [6, 6.07) is 13.5. The van der Waals surface area contributed by atoms with Gasteiger partial charge < -0.3 is 18.9 Å². The van der Waals surface area contributed by atoms with Crippen molar-refractivity contribution in [2.75, 3.05) is 32.8 Å². The number of rotatable bonds is 4. The average Bonchev–Trinajstić information content (AvgIpc) is 3.45. The van der Waals surface area contributed by atoms with Crippen molar-refractivity contribution in [3.05, 3.63) is 53.5 Å². The average molecular weight is 411 g/mol. The third kappa shape index (κ3) is 3.86. The lowest BCUT2D eigenvalue weighted by Crippen LogP contribution is -2.53. The van der Waals surface area contributed by atoms with Gasteiger partial charge in [-0.25, -0.2) is 0 Å². The fourth-order valence-electron chi connectivity index (χ4n) is 3.62. The van der Waals surface area contributed by atoms with Crippen molar-refractivity contribution in [1.29, 1.82) is 0 Å². The van der Waals surface area contributed by atoms with Gasteiger partial charge in [-0.05, 0) is 23.6 Å². The highest BCUT2D eigenvalue weighted by atomic mass is 32.1. The first-order chi connectivity index (χ1) is 14.3. The van der Waals surface area contributed by atoms with Crippen molar-refractivity contribution in [2.24, 2.45) is 0 Å². The van der Waals surface area contributed by atoms with E-state index in [2.05, 4.69) is 10.1 Å². The predicted octanol–water partition coefficient (Wildman–Crippen LogP) is 2.89. The van der Waals surface area contributed by atoms with Crippen LogP contribution in [0.15, 0.2) is 52.4 Å². The number of thiophene rings is 1. The number of benzene rings is 1. The van der Waals surface area contributed by atoms with E-state index in [4.69, 9.17) is 14.0 Å². The predicted molar refractivity (Wildman–Crippen MR) is 108 cm³/mol. The number of amides is 1. The van der Waals surface area contributed by atoms with Crippen LogP contribution in [0.1, 0.15) is 5.69 Å². The molecule has 0 aliphatic carbocycles. The van der Waals surface area contributed by atoms with E-state index in [9.17, 15) is 4.79 Å². The number of fused-ring (bicyclic) bond motifs is 1. The largest absolute Gasteiger partial charge is 0.485 e. The number of nitrogens with zero attached hydrogens (tertiary/aromatic N) is 3. The van der Waals surface area contributed by atoms with Crippen LogP contribution in [0.5, 0.6) is 11.5 Å². The summed E-state index contributed by atoms with van der Waals surface area (Å²) in [4.78, 5) is 18.1. The number of hydrogen-bond acceptors (Lipinski definition) is 7. The number of carbonyl (C=O) groups excluding carboxylic acids is 1. The summed E-state index contributed by atoms with van der Waals surface area (Å²) in [5, 5.41) is 6.21. The maximum atomic E-state index is 12.8. The lowest BCUT2D eigenvalue weighted by atomic mass is 10.2. The molecule has 1 amide bonds. The first-order valence-electron chi connectivity index (χ1n) is 9.65. The summed E-state index contributed by atoms with van der Waals surface area (Å²) in [7, 11) is 0. The Morgan fingerprint density at radius 2 is 1.93 bits per heavy atom. The van der Waals surface area contributed by atoms with Gasteiger partial charge in [0.15, 0.2) is 17.3 Å². The topological polar surface area (TPSA) is 68.0 Å². The van der Waals surface area contributed by atoms with Gasteiger partial charge >= 0.3 is 0 Å². The van der Waals surface area contributed by atoms with Gasteiger partial charge in [-0.3, -0.25) is 9.69 Å². The standard InChI is InChI=1S/C21H21N3O4S/c25-21(19-14-26-16-4-1-2-5-17(16)27-19)24-9-7-23(8-10-24)13-15-12-18(28-22-15)20-6-3-11-29-20/h1-6,11-12,19H,7-10,13-14H2/t19-/m0/s1. The Balaban J connectivity index is 1.14. The maximum Gasteiger partial charge on any atom is 0.267 e. The molecule has 1 fully saturated rings. The van der Waals surface area contributed by atoms with E-state index >= 15 is 0 Å². The Morgan fingerprint density at radius 3 is 2.72 bits per heavy atom. The van der Waals surface area contributed by atoms with Gasteiger partial charge in [0.1, 0.15) is 6.61 Å². The molecule has 0 N–H and O–H groups in total. The Hall–Kier alpha value is -2.84. The molecule has 2 aliphatic heterocycles. The molecular formula is C21H21N3O4S. The van der Waals surface area contributed by atoms with Gasteiger partial charge in [0, 0.05) is 38.8 Å². The van der Waals surface area contributed by atoms with Crippen molar-refractivity contribution in [3.63, 3.8) is 0 Å². The summed E-state index contributed by atoms with van der Waals surface area (Å²) in [6.07, 6.45) is -0.583. The lowest BCUT2D eigenvalue weighted by Gasteiger charge is -2.36. The molecule has 2 aromatic heterocycles. The fraction of sp³-hybridized carbons (Fsp3) is 0.333. The van der Waals surface area contributed by atoms with E-state index in [-0.39, 0.29) is 12.5 Å². The summed E-state index contributed by atoms with van der Waals surface area (Å²) in [6.45, 7) is 3.87. The normalized spacial score (nSPS) is 19.3. The quantitative estimate of drug-likeness (QED) is 0.658. The van der Waals surface area contributed by atoms with Gasteiger partial charge in [0.05, 0.1) is 10.6 Å². The second-order valence-electron chi connectivity index (χ2n) is 7.13. The zero-order valence-corrected chi connectivity index (χ0v) is 16.6. The fourth-order valence-corrected chi connectivity index (χ4v) is 4.29. The van der Waals surface area contributed by atoms with Crippen LogP contribution in [0.25, 0.3) is 10.6 Å². The van der Waals surface area contributed by atoms with E-state index in [0.29, 0.717) is 31.1 Å². The van der Waals surface area contributed by atoms with Crippen LogP contribution in [0.2, 0.25) is 0 Å². The number of hydrogen-bond donors (Lipinski definition) is 0. The molecule has 1 saturated heterocycles. The number of carbonyl (C=O) groups is 1. The van der Waals surface area contributed by atoms with E-state index in [1.54, 1.807) is 11.3 Å². The second-order valence-corrected chi connectivity index (χ2v) is 8.07. The van der Waals surface area contributed by atoms with Crippen LogP contribution in [0.4, 0.5) is 0 Å². The van der Waals surface area contributed by atoms with Crippen LogP contribution >= 0.6 is 11.3 Å². The van der Waals surface area contributed by atoms with Gasteiger partial charge in [-0.1, -0.05) is 23.4 Å². The second kappa shape index (κ2) is 7.88. The van der Waals surface area contributed by atoms with Crippen molar-refractivity contribution < 1.29 is 18.8 Å². The van der Waals surface area contributed by atoms with Crippen molar-refractivity contribution in [2.45, 2.75) is 12.6 Å². The zero-order chi connectivity index (χ0) is 19.6. The molecule has 29 heavy (non-hydrogen) atoms. The Kier molecular flexibility index (Phi) is 4.95. The molecular weight excluding hydrogens is 390 g/mol. The Morgan fingerprint density at radius 1 is 1.10 bits per heavy atom. The van der Waals surface area contributed by atoms with E-state index in [0.717, 1.165) is 29.4 Å². The molecule has 7 nitrogen and oxygen atoms in total. The number of aromatic nitrogens is 1. The molecule has 0 bridgehead atoms. The highest BCUT2D eigenvalue weighted by Gasteiger charge is 2.32. The third-order valence-corrected chi connectivity index (χ3v) is 6.06. The zero-order valence-electron chi connectivity index (χ0n) is 15.8. The van der Waals surface area contributed by atoms with Gasteiger partial charge in [-0.15, -0.1) is 11.3 Å². The first kappa shape index (κ1) is 18.2. The van der Waals surface area contributed by atoms with Crippen molar-refractivity contribution >= 4 is 17.2 Å². The summed E-state index contributed by atoms with van der Waals surface area (Å²) in [5.74, 6) is 2.11. The van der Waals surface area contributed by atoms with Gasteiger partial charge in [-0.2, -0.15) is 0 Å². The highest BCUT2D eigenvalue weighted by molar-refractivity contribution is 7.13. The molecule has 2 aliphatic rings. The van der Waals surface area contributed by atoms with E-state index in [1.165, 1.54) is 0 Å². The molecule has 0 saturated carbocycles. The van der Waals surface area contributed by atoms with Crippen LogP contribution in [-0.4, -0.2) is 59.8 Å². The van der Waals surface area contributed by atoms with Crippen LogP contribution in [-0.2, 0) is 11.3 Å². The molecule has 0 radical (unpaired) electrons. The summed E-state index contributed by atoms with van der Waals surface area (Å²) >= 11 is 1.63. The molecule has 150 valence electrons. The van der Waals surface area contributed by atoms with E-state index < -0.39 is 6.10 Å².